The maximum Gasteiger partial charge on any atom is 0.306 e. The fraction of sp³-hybridized carbons (Fsp3) is 0.778. The maximum atomic E-state index is 11.1. The van der Waals surface area contributed by atoms with Crippen LogP contribution in [-0.2, 0) is 14.9 Å². The van der Waals surface area contributed by atoms with E-state index in [4.69, 9.17) is 9.66 Å². The minimum absolute atomic E-state index is 0.237. The monoisotopic (exact) mass is 235 g/mol. The third-order valence-corrected chi connectivity index (χ3v) is 4.30. The van der Waals surface area contributed by atoms with Gasteiger partial charge >= 0.3 is 5.97 Å². The van der Waals surface area contributed by atoms with Crippen LogP contribution in [0.2, 0.25) is 0 Å². The molecule has 0 amide bonds. The van der Waals surface area contributed by atoms with Crippen molar-refractivity contribution >= 4 is 16.1 Å². The van der Waals surface area contributed by atoms with Gasteiger partial charge in [0.25, 0.3) is 10.1 Å². The normalized spacial score (nSPS) is 29.7. The summed E-state index contributed by atoms with van der Waals surface area (Å²) in [6.45, 7) is 1.48. The fourth-order valence-electron chi connectivity index (χ4n) is 2.05. The van der Waals surface area contributed by atoms with E-state index in [9.17, 15) is 13.2 Å². The van der Waals surface area contributed by atoms with Gasteiger partial charge in [-0.25, -0.2) is 0 Å². The molecule has 1 radical (unpaired) electrons. The van der Waals surface area contributed by atoms with E-state index < -0.39 is 33.2 Å². The van der Waals surface area contributed by atoms with Crippen molar-refractivity contribution in [1.82, 2.24) is 0 Å². The predicted octanol–water partition coefficient (Wildman–Crippen LogP) is 0.968. The highest BCUT2D eigenvalue weighted by Gasteiger charge is 2.39. The van der Waals surface area contributed by atoms with E-state index in [-0.39, 0.29) is 6.42 Å². The standard InChI is InChI=1S/C9H15O5S/c1-6(9(10)11)7-4-2-3-5-8(7)15(12,13)14/h3,6-8H,2,4-5H2,1H3,(H,10,11)(H,12,13,14). The van der Waals surface area contributed by atoms with Crippen LogP contribution in [0.4, 0.5) is 0 Å². The number of hydrogen-bond acceptors (Lipinski definition) is 3. The van der Waals surface area contributed by atoms with Crippen LogP contribution in [0.3, 0.4) is 0 Å². The number of hydrogen-bond donors (Lipinski definition) is 2. The zero-order valence-corrected chi connectivity index (χ0v) is 9.27. The summed E-state index contributed by atoms with van der Waals surface area (Å²) < 4.78 is 31.1. The molecule has 1 saturated carbocycles. The van der Waals surface area contributed by atoms with E-state index >= 15 is 0 Å². The van der Waals surface area contributed by atoms with Gasteiger partial charge in [0, 0.05) is 0 Å². The van der Waals surface area contributed by atoms with E-state index in [0.29, 0.717) is 12.8 Å². The molecule has 6 heteroatoms. The Morgan fingerprint density at radius 1 is 1.53 bits per heavy atom. The average Bonchev–Trinajstić information content (AvgIpc) is 2.15. The summed E-state index contributed by atoms with van der Waals surface area (Å²) >= 11 is 0. The van der Waals surface area contributed by atoms with Crippen LogP contribution < -0.4 is 0 Å². The summed E-state index contributed by atoms with van der Waals surface area (Å²) in [6.07, 6.45) is 3.22. The molecule has 0 aromatic heterocycles. The van der Waals surface area contributed by atoms with Crippen LogP contribution in [0.5, 0.6) is 0 Å². The molecule has 0 aromatic carbocycles. The predicted molar refractivity (Wildman–Crippen MR) is 53.8 cm³/mol. The first-order valence-electron chi connectivity index (χ1n) is 4.85. The lowest BCUT2D eigenvalue weighted by atomic mass is 9.80. The van der Waals surface area contributed by atoms with Crippen molar-refractivity contribution in [2.75, 3.05) is 0 Å². The van der Waals surface area contributed by atoms with Crippen molar-refractivity contribution in [2.24, 2.45) is 11.8 Å². The van der Waals surface area contributed by atoms with E-state index in [1.807, 2.05) is 0 Å². The summed E-state index contributed by atoms with van der Waals surface area (Å²) in [5, 5.41) is 7.87. The summed E-state index contributed by atoms with van der Waals surface area (Å²) in [4.78, 5) is 10.8. The zero-order chi connectivity index (χ0) is 11.6. The number of carbonyl (C=O) groups is 1. The molecule has 87 valence electrons. The highest BCUT2D eigenvalue weighted by Crippen LogP contribution is 2.33. The van der Waals surface area contributed by atoms with Gasteiger partial charge in [0.2, 0.25) is 0 Å². The van der Waals surface area contributed by atoms with E-state index in [1.54, 1.807) is 6.42 Å². The molecule has 3 atom stereocenters. The van der Waals surface area contributed by atoms with Gasteiger partial charge in [-0.15, -0.1) is 0 Å². The van der Waals surface area contributed by atoms with Crippen LogP contribution >= 0.6 is 0 Å². The Morgan fingerprint density at radius 2 is 2.13 bits per heavy atom. The molecule has 5 nitrogen and oxygen atoms in total. The van der Waals surface area contributed by atoms with Gasteiger partial charge in [-0.3, -0.25) is 9.35 Å². The molecule has 1 aliphatic rings. The Bertz CT molecular complexity index is 334. The highest BCUT2D eigenvalue weighted by atomic mass is 32.2. The Labute approximate surface area is 89.2 Å². The first kappa shape index (κ1) is 12.4. The smallest absolute Gasteiger partial charge is 0.306 e. The molecule has 0 bridgehead atoms. The van der Waals surface area contributed by atoms with Gasteiger partial charge < -0.3 is 5.11 Å². The average molecular weight is 235 g/mol. The summed E-state index contributed by atoms with van der Waals surface area (Å²) in [7, 11) is -4.15. The number of carboxylic acids is 1. The Hall–Kier alpha value is -0.620. The molecular formula is C9H15O5S. The Balaban J connectivity index is 2.88. The molecule has 3 unspecified atom stereocenters. The van der Waals surface area contributed by atoms with Gasteiger partial charge in [-0.1, -0.05) is 6.92 Å². The van der Waals surface area contributed by atoms with Crippen LogP contribution in [-0.4, -0.2) is 29.3 Å². The summed E-state index contributed by atoms with van der Waals surface area (Å²) in [6, 6.07) is 0. The molecule has 0 heterocycles. The molecule has 0 aliphatic heterocycles. The number of aliphatic carboxylic acids is 1. The SMILES string of the molecule is CC(C(=O)O)C1CC[CH]CC1S(=O)(=O)O. The molecule has 0 saturated heterocycles. The van der Waals surface area contributed by atoms with E-state index in [0.717, 1.165) is 0 Å². The van der Waals surface area contributed by atoms with Crippen LogP contribution in [0.25, 0.3) is 0 Å². The van der Waals surface area contributed by atoms with E-state index in [2.05, 4.69) is 0 Å². The summed E-state index contributed by atoms with van der Waals surface area (Å²) in [5.41, 5.74) is 0. The van der Waals surface area contributed by atoms with Crippen molar-refractivity contribution in [3.8, 4) is 0 Å². The van der Waals surface area contributed by atoms with Gasteiger partial charge in [0.05, 0.1) is 11.2 Å². The Morgan fingerprint density at radius 3 is 2.60 bits per heavy atom. The molecule has 0 spiro atoms. The summed E-state index contributed by atoms with van der Waals surface area (Å²) in [5.74, 6) is -2.26. The second-order valence-corrected chi connectivity index (χ2v) is 5.58. The van der Waals surface area contributed by atoms with Crippen molar-refractivity contribution in [2.45, 2.75) is 31.4 Å². The van der Waals surface area contributed by atoms with Gasteiger partial charge in [-0.2, -0.15) is 8.42 Å². The number of carboxylic acid groups (broad SMARTS) is 1. The first-order chi connectivity index (χ1) is 6.84. The maximum absolute atomic E-state index is 11.1. The molecule has 1 rings (SSSR count). The lowest BCUT2D eigenvalue weighted by Gasteiger charge is -2.31. The van der Waals surface area contributed by atoms with Crippen LogP contribution in [0, 0.1) is 18.3 Å². The number of rotatable bonds is 3. The Kier molecular flexibility index (Phi) is 3.72. The third kappa shape index (κ3) is 2.92. The van der Waals surface area contributed by atoms with Crippen molar-refractivity contribution < 1.29 is 22.9 Å². The second-order valence-electron chi connectivity index (χ2n) is 3.95. The molecular weight excluding hydrogens is 220 g/mol. The van der Waals surface area contributed by atoms with Crippen LogP contribution in [0.1, 0.15) is 26.2 Å². The highest BCUT2D eigenvalue weighted by molar-refractivity contribution is 7.86. The minimum Gasteiger partial charge on any atom is -0.481 e. The van der Waals surface area contributed by atoms with Gasteiger partial charge in [-0.05, 0) is 31.6 Å². The second kappa shape index (κ2) is 4.49. The third-order valence-electron chi connectivity index (χ3n) is 2.99. The quantitative estimate of drug-likeness (QED) is 0.711. The zero-order valence-electron chi connectivity index (χ0n) is 8.46. The largest absolute Gasteiger partial charge is 0.481 e. The van der Waals surface area contributed by atoms with Crippen molar-refractivity contribution in [1.29, 1.82) is 0 Å². The lowest BCUT2D eigenvalue weighted by molar-refractivity contribution is -0.143. The fourth-order valence-corrected chi connectivity index (χ4v) is 3.24. The minimum atomic E-state index is -4.15. The molecule has 1 fully saturated rings. The van der Waals surface area contributed by atoms with Gasteiger partial charge in [0.15, 0.2) is 0 Å². The topological polar surface area (TPSA) is 91.7 Å². The molecule has 0 aromatic rings. The molecule has 15 heavy (non-hydrogen) atoms. The lowest BCUT2D eigenvalue weighted by Crippen LogP contribution is -2.38. The molecule has 2 N–H and O–H groups in total. The van der Waals surface area contributed by atoms with Crippen LogP contribution in [0.15, 0.2) is 0 Å². The van der Waals surface area contributed by atoms with E-state index in [1.165, 1.54) is 6.92 Å². The van der Waals surface area contributed by atoms with Gasteiger partial charge in [0.1, 0.15) is 0 Å². The van der Waals surface area contributed by atoms with Crippen molar-refractivity contribution in [3.05, 3.63) is 6.42 Å². The van der Waals surface area contributed by atoms with Crippen molar-refractivity contribution in [3.63, 3.8) is 0 Å². The first-order valence-corrected chi connectivity index (χ1v) is 6.35. The molecule has 1 aliphatic carbocycles.